The van der Waals surface area contributed by atoms with Crippen LogP contribution in [0, 0.1) is 0 Å². The SMILES string of the molecule is CC(CCc1ccccc1)NCC(O)c1ccsc1. The molecule has 0 bridgehead atoms. The largest absolute Gasteiger partial charge is 0.387 e. The van der Waals surface area contributed by atoms with Crippen molar-refractivity contribution in [2.75, 3.05) is 6.54 Å². The molecule has 0 saturated carbocycles. The van der Waals surface area contributed by atoms with Crippen LogP contribution in [0.25, 0.3) is 0 Å². The number of aliphatic hydroxyl groups excluding tert-OH is 1. The fourth-order valence-corrected chi connectivity index (χ4v) is 2.73. The van der Waals surface area contributed by atoms with E-state index in [0.717, 1.165) is 18.4 Å². The Morgan fingerprint density at radius 3 is 2.68 bits per heavy atom. The van der Waals surface area contributed by atoms with Gasteiger partial charge in [0.25, 0.3) is 0 Å². The maximum Gasteiger partial charge on any atom is 0.0922 e. The highest BCUT2D eigenvalue weighted by atomic mass is 32.1. The van der Waals surface area contributed by atoms with E-state index in [4.69, 9.17) is 0 Å². The summed E-state index contributed by atoms with van der Waals surface area (Å²) in [6.07, 6.45) is 1.76. The fourth-order valence-electron chi connectivity index (χ4n) is 2.03. The molecule has 2 atom stereocenters. The van der Waals surface area contributed by atoms with Gasteiger partial charge < -0.3 is 10.4 Å². The average molecular weight is 275 g/mol. The van der Waals surface area contributed by atoms with E-state index >= 15 is 0 Å². The van der Waals surface area contributed by atoms with Crippen LogP contribution < -0.4 is 5.32 Å². The van der Waals surface area contributed by atoms with Gasteiger partial charge in [0.1, 0.15) is 0 Å². The Kier molecular flexibility index (Phi) is 5.58. The summed E-state index contributed by atoms with van der Waals surface area (Å²) in [6.45, 7) is 2.79. The molecule has 1 aromatic carbocycles. The van der Waals surface area contributed by atoms with E-state index in [1.807, 2.05) is 22.9 Å². The Hall–Kier alpha value is -1.16. The van der Waals surface area contributed by atoms with Crippen LogP contribution in [-0.2, 0) is 6.42 Å². The van der Waals surface area contributed by atoms with Crippen LogP contribution in [0.1, 0.15) is 30.6 Å². The molecule has 102 valence electrons. The van der Waals surface area contributed by atoms with Crippen molar-refractivity contribution in [3.63, 3.8) is 0 Å². The Morgan fingerprint density at radius 2 is 2.00 bits per heavy atom. The van der Waals surface area contributed by atoms with Gasteiger partial charge >= 0.3 is 0 Å². The molecule has 2 nitrogen and oxygen atoms in total. The maximum atomic E-state index is 9.99. The van der Waals surface area contributed by atoms with Gasteiger partial charge in [0.2, 0.25) is 0 Å². The molecule has 0 aliphatic rings. The number of benzene rings is 1. The molecule has 2 unspecified atom stereocenters. The predicted molar refractivity (Wildman–Crippen MR) is 81.5 cm³/mol. The van der Waals surface area contributed by atoms with E-state index in [0.29, 0.717) is 12.6 Å². The monoisotopic (exact) mass is 275 g/mol. The number of nitrogens with one attached hydrogen (secondary N) is 1. The van der Waals surface area contributed by atoms with Crippen molar-refractivity contribution < 1.29 is 5.11 Å². The minimum atomic E-state index is -0.398. The number of hydrogen-bond donors (Lipinski definition) is 2. The molecule has 19 heavy (non-hydrogen) atoms. The molecule has 0 spiro atoms. The highest BCUT2D eigenvalue weighted by molar-refractivity contribution is 7.07. The zero-order valence-corrected chi connectivity index (χ0v) is 12.1. The minimum Gasteiger partial charge on any atom is -0.387 e. The molecule has 1 aromatic heterocycles. The summed E-state index contributed by atoms with van der Waals surface area (Å²) in [6, 6.07) is 12.9. The first-order chi connectivity index (χ1) is 9.25. The molecule has 2 rings (SSSR count). The lowest BCUT2D eigenvalue weighted by Gasteiger charge is -2.16. The quantitative estimate of drug-likeness (QED) is 0.812. The molecule has 0 saturated heterocycles. The summed E-state index contributed by atoms with van der Waals surface area (Å²) < 4.78 is 0. The van der Waals surface area contributed by atoms with Gasteiger partial charge in [-0.3, -0.25) is 0 Å². The Bertz CT molecular complexity index is 455. The first-order valence-corrected chi connectivity index (χ1v) is 7.67. The van der Waals surface area contributed by atoms with E-state index in [-0.39, 0.29) is 0 Å². The minimum absolute atomic E-state index is 0.398. The van der Waals surface area contributed by atoms with Gasteiger partial charge in [0, 0.05) is 12.6 Å². The molecule has 0 aliphatic carbocycles. The van der Waals surface area contributed by atoms with E-state index in [9.17, 15) is 5.11 Å². The van der Waals surface area contributed by atoms with E-state index in [1.165, 1.54) is 5.56 Å². The smallest absolute Gasteiger partial charge is 0.0922 e. The van der Waals surface area contributed by atoms with Crippen molar-refractivity contribution in [2.45, 2.75) is 31.9 Å². The summed E-state index contributed by atoms with van der Waals surface area (Å²) in [4.78, 5) is 0. The third-order valence-electron chi connectivity index (χ3n) is 3.30. The van der Waals surface area contributed by atoms with Crippen molar-refractivity contribution in [3.05, 3.63) is 58.3 Å². The first kappa shape index (κ1) is 14.3. The van der Waals surface area contributed by atoms with Crippen LogP contribution in [0.3, 0.4) is 0 Å². The Morgan fingerprint density at radius 1 is 1.21 bits per heavy atom. The van der Waals surface area contributed by atoms with Crippen LogP contribution >= 0.6 is 11.3 Å². The number of hydrogen-bond acceptors (Lipinski definition) is 3. The second-order valence-electron chi connectivity index (χ2n) is 4.91. The molecule has 0 fully saturated rings. The van der Waals surface area contributed by atoms with Crippen LogP contribution in [0.2, 0.25) is 0 Å². The highest BCUT2D eigenvalue weighted by Crippen LogP contribution is 2.15. The van der Waals surface area contributed by atoms with Crippen molar-refractivity contribution in [1.82, 2.24) is 5.32 Å². The Balaban J connectivity index is 1.69. The molecular formula is C16H21NOS. The Labute approximate surface area is 119 Å². The zero-order valence-electron chi connectivity index (χ0n) is 11.3. The summed E-state index contributed by atoms with van der Waals surface area (Å²) in [5, 5.41) is 17.4. The summed E-state index contributed by atoms with van der Waals surface area (Å²) in [5.74, 6) is 0. The van der Waals surface area contributed by atoms with Crippen molar-refractivity contribution in [2.24, 2.45) is 0 Å². The lowest BCUT2D eigenvalue weighted by Crippen LogP contribution is -2.30. The van der Waals surface area contributed by atoms with Gasteiger partial charge in [0.05, 0.1) is 6.10 Å². The fraction of sp³-hybridized carbons (Fsp3) is 0.375. The van der Waals surface area contributed by atoms with Gasteiger partial charge in [-0.05, 0) is 47.7 Å². The molecule has 0 amide bonds. The molecule has 2 N–H and O–H groups in total. The number of aryl methyl sites for hydroxylation is 1. The van der Waals surface area contributed by atoms with Gasteiger partial charge in [-0.1, -0.05) is 30.3 Å². The summed E-state index contributed by atoms with van der Waals surface area (Å²) in [7, 11) is 0. The number of rotatable bonds is 7. The van der Waals surface area contributed by atoms with E-state index in [1.54, 1.807) is 11.3 Å². The predicted octanol–water partition coefficient (Wildman–Crippen LogP) is 3.39. The van der Waals surface area contributed by atoms with Gasteiger partial charge in [-0.15, -0.1) is 0 Å². The lowest BCUT2D eigenvalue weighted by atomic mass is 10.1. The molecular weight excluding hydrogens is 254 g/mol. The molecule has 2 aromatic rings. The normalized spacial score (nSPS) is 14.2. The second kappa shape index (κ2) is 7.43. The van der Waals surface area contributed by atoms with Crippen molar-refractivity contribution in [1.29, 1.82) is 0 Å². The number of thiophene rings is 1. The topological polar surface area (TPSA) is 32.3 Å². The van der Waals surface area contributed by atoms with Crippen LogP contribution in [0.4, 0.5) is 0 Å². The van der Waals surface area contributed by atoms with Crippen LogP contribution in [0.15, 0.2) is 47.2 Å². The third kappa shape index (κ3) is 4.78. The van der Waals surface area contributed by atoms with Gasteiger partial charge in [-0.25, -0.2) is 0 Å². The lowest BCUT2D eigenvalue weighted by molar-refractivity contribution is 0.170. The standard InChI is InChI=1S/C16H21NOS/c1-13(7-8-14-5-3-2-4-6-14)17-11-16(18)15-9-10-19-12-15/h2-6,9-10,12-13,16-18H,7-8,11H2,1H3. The van der Waals surface area contributed by atoms with Crippen LogP contribution in [0.5, 0.6) is 0 Å². The summed E-state index contributed by atoms with van der Waals surface area (Å²) in [5.41, 5.74) is 2.38. The first-order valence-electron chi connectivity index (χ1n) is 6.73. The van der Waals surface area contributed by atoms with E-state index in [2.05, 4.69) is 36.5 Å². The van der Waals surface area contributed by atoms with E-state index < -0.39 is 6.10 Å². The molecule has 0 radical (unpaired) electrons. The van der Waals surface area contributed by atoms with Crippen molar-refractivity contribution in [3.8, 4) is 0 Å². The van der Waals surface area contributed by atoms with Gasteiger partial charge in [0.15, 0.2) is 0 Å². The zero-order chi connectivity index (χ0) is 13.5. The number of aliphatic hydroxyl groups is 1. The third-order valence-corrected chi connectivity index (χ3v) is 4.00. The van der Waals surface area contributed by atoms with Crippen molar-refractivity contribution >= 4 is 11.3 Å². The summed E-state index contributed by atoms with van der Waals surface area (Å²) >= 11 is 1.62. The average Bonchev–Trinajstić information content (AvgIpc) is 2.98. The maximum absolute atomic E-state index is 9.99. The molecule has 0 aliphatic heterocycles. The molecule has 3 heteroatoms. The molecule has 1 heterocycles. The van der Waals surface area contributed by atoms with Crippen LogP contribution in [-0.4, -0.2) is 17.7 Å². The highest BCUT2D eigenvalue weighted by Gasteiger charge is 2.09. The van der Waals surface area contributed by atoms with Gasteiger partial charge in [-0.2, -0.15) is 11.3 Å². The second-order valence-corrected chi connectivity index (χ2v) is 5.69.